The fraction of sp³-hybridized carbons (Fsp3) is 0.304. The summed E-state index contributed by atoms with van der Waals surface area (Å²) >= 11 is 0. The zero-order chi connectivity index (χ0) is 24.0. The van der Waals surface area contributed by atoms with Crippen LogP contribution in [0.3, 0.4) is 0 Å². The number of non-ortho nitro benzene ring substituents is 1. The SMILES string of the molecule is CCCOC(=O)c1ccc(N2C[C@@H](C(=O)OCC(=O)c3ccc([N+](=O)[O-])cc3)CC2=O)cc1. The van der Waals surface area contributed by atoms with E-state index in [0.29, 0.717) is 24.3 Å². The Morgan fingerprint density at radius 2 is 1.67 bits per heavy atom. The summed E-state index contributed by atoms with van der Waals surface area (Å²) < 4.78 is 10.1. The standard InChI is InChI=1S/C23H22N2O8/c1-2-11-32-22(28)16-5-7-18(8-6-16)24-13-17(12-21(24)27)23(29)33-14-20(26)15-3-9-19(10-4-15)25(30)31/h3-10,17H,2,11-14H2,1H3/t17-/m0/s1. The lowest BCUT2D eigenvalue weighted by Gasteiger charge is -2.17. The van der Waals surface area contributed by atoms with Crippen molar-refractivity contribution in [3.63, 3.8) is 0 Å². The number of hydrogen-bond donors (Lipinski definition) is 0. The number of ether oxygens (including phenoxy) is 2. The molecule has 0 bridgehead atoms. The number of carbonyl (C=O) groups is 4. The van der Waals surface area contributed by atoms with Gasteiger partial charge in [-0.3, -0.25) is 24.5 Å². The van der Waals surface area contributed by atoms with Crippen molar-refractivity contribution in [1.29, 1.82) is 0 Å². The number of ketones is 1. The molecule has 2 aromatic rings. The van der Waals surface area contributed by atoms with Crippen LogP contribution in [-0.4, -0.2) is 48.3 Å². The van der Waals surface area contributed by atoms with Crippen molar-refractivity contribution in [3.8, 4) is 0 Å². The molecule has 2 aromatic carbocycles. The van der Waals surface area contributed by atoms with E-state index in [9.17, 15) is 29.3 Å². The van der Waals surface area contributed by atoms with Crippen molar-refractivity contribution >= 4 is 35.0 Å². The van der Waals surface area contributed by atoms with Gasteiger partial charge in [0.25, 0.3) is 5.69 Å². The molecular formula is C23H22N2O8. The largest absolute Gasteiger partial charge is 0.462 e. The van der Waals surface area contributed by atoms with Gasteiger partial charge >= 0.3 is 11.9 Å². The van der Waals surface area contributed by atoms with Crippen LogP contribution in [0.15, 0.2) is 48.5 Å². The van der Waals surface area contributed by atoms with Gasteiger partial charge in [-0.15, -0.1) is 0 Å². The number of hydrogen-bond acceptors (Lipinski definition) is 8. The highest BCUT2D eigenvalue weighted by Crippen LogP contribution is 2.26. The van der Waals surface area contributed by atoms with Crippen molar-refractivity contribution in [2.75, 3.05) is 24.7 Å². The summed E-state index contributed by atoms with van der Waals surface area (Å²) in [6.45, 7) is 1.77. The number of nitrogens with zero attached hydrogens (tertiary/aromatic N) is 2. The maximum absolute atomic E-state index is 12.4. The van der Waals surface area contributed by atoms with Gasteiger partial charge in [-0.25, -0.2) is 4.79 Å². The fourth-order valence-electron chi connectivity index (χ4n) is 3.28. The maximum Gasteiger partial charge on any atom is 0.338 e. The number of nitro groups is 1. The second-order valence-corrected chi connectivity index (χ2v) is 7.42. The summed E-state index contributed by atoms with van der Waals surface area (Å²) in [7, 11) is 0. The predicted molar refractivity (Wildman–Crippen MR) is 116 cm³/mol. The Bertz CT molecular complexity index is 1060. The van der Waals surface area contributed by atoms with Crippen molar-refractivity contribution in [2.24, 2.45) is 5.92 Å². The van der Waals surface area contributed by atoms with Crippen LogP contribution < -0.4 is 4.90 Å². The predicted octanol–water partition coefficient (Wildman–Crippen LogP) is 2.94. The number of Topliss-reactive ketones (excluding diaryl/α,β-unsaturated/α-hetero) is 1. The maximum atomic E-state index is 12.4. The average molecular weight is 454 g/mol. The van der Waals surface area contributed by atoms with E-state index < -0.39 is 35.2 Å². The average Bonchev–Trinajstić information content (AvgIpc) is 3.22. The molecule has 10 heteroatoms. The Kier molecular flexibility index (Phi) is 7.50. The lowest BCUT2D eigenvalue weighted by Crippen LogP contribution is -2.27. The number of amides is 1. The summed E-state index contributed by atoms with van der Waals surface area (Å²) in [6, 6.07) is 11.3. The third-order valence-corrected chi connectivity index (χ3v) is 5.06. The van der Waals surface area contributed by atoms with E-state index in [1.54, 1.807) is 24.3 Å². The highest BCUT2D eigenvalue weighted by molar-refractivity contribution is 6.01. The molecule has 0 aromatic heterocycles. The molecule has 1 aliphatic rings. The van der Waals surface area contributed by atoms with Crippen LogP contribution in [0.5, 0.6) is 0 Å². The number of benzene rings is 2. The van der Waals surface area contributed by atoms with Crippen LogP contribution in [0.1, 0.15) is 40.5 Å². The van der Waals surface area contributed by atoms with Crippen LogP contribution in [0.4, 0.5) is 11.4 Å². The number of carbonyl (C=O) groups excluding carboxylic acids is 4. The topological polar surface area (TPSA) is 133 Å². The van der Waals surface area contributed by atoms with Crippen LogP contribution >= 0.6 is 0 Å². The molecule has 1 heterocycles. The summed E-state index contributed by atoms with van der Waals surface area (Å²) in [5.74, 6) is -2.66. The Morgan fingerprint density at radius 3 is 2.27 bits per heavy atom. The highest BCUT2D eigenvalue weighted by atomic mass is 16.6. The van der Waals surface area contributed by atoms with Crippen LogP contribution in [0.25, 0.3) is 0 Å². The zero-order valence-electron chi connectivity index (χ0n) is 17.9. The summed E-state index contributed by atoms with van der Waals surface area (Å²) in [4.78, 5) is 60.4. The molecule has 0 saturated carbocycles. The van der Waals surface area contributed by atoms with Gasteiger partial charge in [-0.05, 0) is 42.8 Å². The van der Waals surface area contributed by atoms with Crippen molar-refractivity contribution < 1.29 is 33.6 Å². The number of nitro benzene ring substituents is 1. The zero-order valence-corrected chi connectivity index (χ0v) is 17.9. The third kappa shape index (κ3) is 5.79. The van der Waals surface area contributed by atoms with E-state index in [2.05, 4.69) is 0 Å². The minimum atomic E-state index is -0.739. The minimum Gasteiger partial charge on any atom is -0.462 e. The molecule has 0 spiro atoms. The van der Waals surface area contributed by atoms with Gasteiger partial charge < -0.3 is 14.4 Å². The van der Waals surface area contributed by atoms with E-state index in [-0.39, 0.29) is 30.1 Å². The Labute approximate surface area is 189 Å². The third-order valence-electron chi connectivity index (χ3n) is 5.06. The molecule has 0 aliphatic carbocycles. The van der Waals surface area contributed by atoms with E-state index in [1.165, 1.54) is 29.2 Å². The monoisotopic (exact) mass is 454 g/mol. The first-order valence-corrected chi connectivity index (χ1v) is 10.3. The highest BCUT2D eigenvalue weighted by Gasteiger charge is 2.36. The van der Waals surface area contributed by atoms with Gasteiger partial charge in [0.1, 0.15) is 0 Å². The molecular weight excluding hydrogens is 432 g/mol. The molecule has 1 aliphatic heterocycles. The van der Waals surface area contributed by atoms with Gasteiger partial charge in [0.2, 0.25) is 5.91 Å². The van der Waals surface area contributed by atoms with Crippen LogP contribution in [0.2, 0.25) is 0 Å². The molecule has 33 heavy (non-hydrogen) atoms. The number of rotatable bonds is 9. The van der Waals surface area contributed by atoms with Gasteiger partial charge in [0.05, 0.1) is 23.0 Å². The van der Waals surface area contributed by atoms with E-state index in [4.69, 9.17) is 9.47 Å². The Morgan fingerprint density at radius 1 is 1.03 bits per heavy atom. The molecule has 1 fully saturated rings. The first-order valence-electron chi connectivity index (χ1n) is 10.3. The summed E-state index contributed by atoms with van der Waals surface area (Å²) in [5.41, 5.74) is 0.915. The van der Waals surface area contributed by atoms with Crippen molar-refractivity contribution in [2.45, 2.75) is 19.8 Å². The van der Waals surface area contributed by atoms with Crippen LogP contribution in [-0.2, 0) is 19.1 Å². The molecule has 1 atom stereocenters. The Hall–Kier alpha value is -4.08. The molecule has 172 valence electrons. The van der Waals surface area contributed by atoms with E-state index >= 15 is 0 Å². The molecule has 0 unspecified atom stereocenters. The van der Waals surface area contributed by atoms with Crippen molar-refractivity contribution in [3.05, 3.63) is 69.8 Å². The smallest absolute Gasteiger partial charge is 0.338 e. The van der Waals surface area contributed by atoms with Gasteiger partial charge in [-0.2, -0.15) is 0 Å². The first-order chi connectivity index (χ1) is 15.8. The number of anilines is 1. The fourth-order valence-corrected chi connectivity index (χ4v) is 3.28. The van der Waals surface area contributed by atoms with E-state index in [0.717, 1.165) is 0 Å². The quantitative estimate of drug-likeness (QED) is 0.244. The molecule has 0 radical (unpaired) electrons. The molecule has 0 N–H and O–H groups in total. The second kappa shape index (κ2) is 10.5. The lowest BCUT2D eigenvalue weighted by atomic mass is 10.1. The first kappa shape index (κ1) is 23.6. The number of esters is 2. The van der Waals surface area contributed by atoms with Crippen molar-refractivity contribution in [1.82, 2.24) is 0 Å². The Balaban J connectivity index is 1.54. The second-order valence-electron chi connectivity index (χ2n) is 7.42. The van der Waals surface area contributed by atoms with Gasteiger partial charge in [0, 0.05) is 36.3 Å². The molecule has 10 nitrogen and oxygen atoms in total. The molecule has 1 amide bonds. The van der Waals surface area contributed by atoms with Gasteiger partial charge in [-0.1, -0.05) is 6.92 Å². The normalized spacial score (nSPS) is 15.2. The molecule has 3 rings (SSSR count). The lowest BCUT2D eigenvalue weighted by molar-refractivity contribution is -0.384. The summed E-state index contributed by atoms with van der Waals surface area (Å²) in [5, 5.41) is 10.7. The van der Waals surface area contributed by atoms with Crippen LogP contribution in [0, 0.1) is 16.0 Å². The van der Waals surface area contributed by atoms with Gasteiger partial charge in [0.15, 0.2) is 12.4 Å². The van der Waals surface area contributed by atoms with E-state index in [1.807, 2.05) is 6.92 Å². The molecule has 1 saturated heterocycles. The summed E-state index contributed by atoms with van der Waals surface area (Å²) in [6.07, 6.45) is 0.647. The minimum absolute atomic E-state index is 0.0646.